The maximum Gasteiger partial charge on any atom is 0.310 e. The first-order valence-electron chi connectivity index (χ1n) is 4.30. The van der Waals surface area contributed by atoms with Crippen LogP contribution in [-0.4, -0.2) is 11.1 Å². The average Bonchev–Trinajstić information content (AvgIpc) is 2.47. The van der Waals surface area contributed by atoms with Gasteiger partial charge in [0.05, 0.1) is 5.92 Å². The predicted molar refractivity (Wildman–Crippen MR) is 45.1 cm³/mol. The van der Waals surface area contributed by atoms with Gasteiger partial charge in [-0.3, -0.25) is 4.79 Å². The van der Waals surface area contributed by atoms with Gasteiger partial charge in [0.2, 0.25) is 0 Å². The smallest absolute Gasteiger partial charge is 0.310 e. The Morgan fingerprint density at radius 2 is 2.14 bits per heavy atom. The maximum atomic E-state index is 13.2. The van der Waals surface area contributed by atoms with Gasteiger partial charge < -0.3 is 5.11 Å². The molecule has 1 unspecified atom stereocenters. The Kier molecular flexibility index (Phi) is 1.98. The van der Waals surface area contributed by atoms with Gasteiger partial charge in [0.15, 0.2) is 0 Å². The van der Waals surface area contributed by atoms with Crippen LogP contribution in [0.5, 0.6) is 0 Å². The highest BCUT2D eigenvalue weighted by Gasteiger charge is 2.30. The molecule has 0 heterocycles. The standard InChI is InChI=1S/C10H8F2O2/c11-5-3-8-6(9(12)4-5)1-2-7(8)10(13)14/h3-4,7H,1-2H2,(H,13,14). The van der Waals surface area contributed by atoms with E-state index in [2.05, 4.69) is 0 Å². The molecule has 14 heavy (non-hydrogen) atoms. The van der Waals surface area contributed by atoms with Gasteiger partial charge in [-0.15, -0.1) is 0 Å². The van der Waals surface area contributed by atoms with E-state index in [4.69, 9.17) is 5.11 Å². The van der Waals surface area contributed by atoms with Crippen LogP contribution in [0.1, 0.15) is 23.5 Å². The third kappa shape index (κ3) is 1.27. The molecule has 0 bridgehead atoms. The Bertz CT molecular complexity index is 401. The van der Waals surface area contributed by atoms with Crippen LogP contribution in [0.15, 0.2) is 12.1 Å². The highest BCUT2D eigenvalue weighted by atomic mass is 19.1. The molecular weight excluding hydrogens is 190 g/mol. The van der Waals surface area contributed by atoms with Gasteiger partial charge in [0, 0.05) is 6.07 Å². The van der Waals surface area contributed by atoms with Crippen LogP contribution in [0, 0.1) is 11.6 Å². The molecule has 1 atom stereocenters. The lowest BCUT2D eigenvalue weighted by atomic mass is 10.0. The third-order valence-corrected chi connectivity index (χ3v) is 2.55. The zero-order valence-corrected chi connectivity index (χ0v) is 7.26. The van der Waals surface area contributed by atoms with E-state index >= 15 is 0 Å². The molecule has 0 saturated heterocycles. The van der Waals surface area contributed by atoms with Crippen molar-refractivity contribution in [1.29, 1.82) is 0 Å². The number of rotatable bonds is 1. The summed E-state index contributed by atoms with van der Waals surface area (Å²) in [7, 11) is 0. The summed E-state index contributed by atoms with van der Waals surface area (Å²) in [5.74, 6) is -3.12. The molecule has 0 aromatic heterocycles. The van der Waals surface area contributed by atoms with Crippen molar-refractivity contribution in [3.63, 3.8) is 0 Å². The minimum Gasteiger partial charge on any atom is -0.481 e. The van der Waals surface area contributed by atoms with Crippen molar-refractivity contribution < 1.29 is 18.7 Å². The molecule has 1 aromatic carbocycles. The number of aliphatic carboxylic acids is 1. The number of fused-ring (bicyclic) bond motifs is 1. The van der Waals surface area contributed by atoms with E-state index in [1.165, 1.54) is 0 Å². The van der Waals surface area contributed by atoms with Crippen molar-refractivity contribution >= 4 is 5.97 Å². The second kappa shape index (κ2) is 3.04. The maximum absolute atomic E-state index is 13.2. The van der Waals surface area contributed by atoms with Crippen molar-refractivity contribution in [2.24, 2.45) is 0 Å². The summed E-state index contributed by atoms with van der Waals surface area (Å²) in [5, 5.41) is 8.80. The second-order valence-corrected chi connectivity index (χ2v) is 3.38. The van der Waals surface area contributed by atoms with Gasteiger partial charge in [-0.25, -0.2) is 8.78 Å². The van der Waals surface area contributed by atoms with Crippen LogP contribution >= 0.6 is 0 Å². The van der Waals surface area contributed by atoms with Gasteiger partial charge >= 0.3 is 5.97 Å². The number of halogens is 2. The normalized spacial score (nSPS) is 19.4. The zero-order valence-electron chi connectivity index (χ0n) is 7.26. The van der Waals surface area contributed by atoms with Crippen molar-refractivity contribution in [3.05, 3.63) is 34.9 Å². The largest absolute Gasteiger partial charge is 0.481 e. The molecule has 1 aliphatic rings. The molecule has 0 fully saturated rings. The van der Waals surface area contributed by atoms with Gasteiger partial charge in [0.1, 0.15) is 11.6 Å². The predicted octanol–water partition coefficient (Wildman–Crippen LogP) is 2.08. The van der Waals surface area contributed by atoms with Crippen molar-refractivity contribution in [2.75, 3.05) is 0 Å². The monoisotopic (exact) mass is 198 g/mol. The Hall–Kier alpha value is -1.45. The Morgan fingerprint density at radius 3 is 2.79 bits per heavy atom. The Balaban J connectivity index is 2.54. The van der Waals surface area contributed by atoms with Crippen LogP contribution in [0.2, 0.25) is 0 Å². The zero-order chi connectivity index (χ0) is 10.3. The van der Waals surface area contributed by atoms with E-state index in [0.29, 0.717) is 18.4 Å². The highest BCUT2D eigenvalue weighted by Crippen LogP contribution is 2.35. The second-order valence-electron chi connectivity index (χ2n) is 3.38. The molecule has 0 amide bonds. The van der Waals surface area contributed by atoms with Crippen molar-refractivity contribution in [2.45, 2.75) is 18.8 Å². The summed E-state index contributed by atoms with van der Waals surface area (Å²) in [6, 6.07) is 1.91. The molecule has 0 aliphatic heterocycles. The summed E-state index contributed by atoms with van der Waals surface area (Å²) in [6.07, 6.45) is 0.726. The van der Waals surface area contributed by atoms with Gasteiger partial charge in [-0.2, -0.15) is 0 Å². The fraction of sp³-hybridized carbons (Fsp3) is 0.300. The molecule has 0 radical (unpaired) electrons. The summed E-state index contributed by atoms with van der Waals surface area (Å²) in [6.45, 7) is 0. The number of carboxylic acid groups (broad SMARTS) is 1. The molecule has 1 aromatic rings. The molecule has 74 valence electrons. The molecule has 4 heteroatoms. The van der Waals surface area contributed by atoms with E-state index in [9.17, 15) is 13.6 Å². The molecule has 0 saturated carbocycles. The van der Waals surface area contributed by atoms with Crippen LogP contribution in [0.4, 0.5) is 8.78 Å². The first kappa shape index (κ1) is 9.12. The van der Waals surface area contributed by atoms with Crippen LogP contribution in [0.25, 0.3) is 0 Å². The van der Waals surface area contributed by atoms with Crippen LogP contribution < -0.4 is 0 Å². The van der Waals surface area contributed by atoms with Crippen molar-refractivity contribution in [1.82, 2.24) is 0 Å². The van der Waals surface area contributed by atoms with E-state index in [1.807, 2.05) is 0 Å². The van der Waals surface area contributed by atoms with Gasteiger partial charge in [0.25, 0.3) is 0 Å². The van der Waals surface area contributed by atoms with Crippen LogP contribution in [0.3, 0.4) is 0 Å². The van der Waals surface area contributed by atoms with Gasteiger partial charge in [-0.05, 0) is 30.0 Å². The summed E-state index contributed by atoms with van der Waals surface area (Å²) in [4.78, 5) is 10.7. The quantitative estimate of drug-likeness (QED) is 0.750. The highest BCUT2D eigenvalue weighted by molar-refractivity contribution is 5.77. The average molecular weight is 198 g/mol. The summed E-state index contributed by atoms with van der Waals surface area (Å²) >= 11 is 0. The molecule has 2 rings (SSSR count). The van der Waals surface area contributed by atoms with Crippen LogP contribution in [-0.2, 0) is 11.2 Å². The SMILES string of the molecule is O=C(O)C1CCc2c(F)cc(F)cc21. The lowest BCUT2D eigenvalue weighted by molar-refractivity contribution is -0.138. The number of carboxylic acids is 1. The third-order valence-electron chi connectivity index (χ3n) is 2.55. The minimum absolute atomic E-state index is 0.287. The first-order valence-corrected chi connectivity index (χ1v) is 4.30. The number of hydrogen-bond acceptors (Lipinski definition) is 1. The molecule has 1 N–H and O–H groups in total. The first-order chi connectivity index (χ1) is 6.59. The summed E-state index contributed by atoms with van der Waals surface area (Å²) in [5.41, 5.74) is 0.633. The van der Waals surface area contributed by atoms with Crippen molar-refractivity contribution in [3.8, 4) is 0 Å². The van der Waals surface area contributed by atoms with E-state index in [-0.39, 0.29) is 5.56 Å². The number of carbonyl (C=O) groups is 1. The lowest BCUT2D eigenvalue weighted by Crippen LogP contribution is -2.08. The molecule has 1 aliphatic carbocycles. The minimum atomic E-state index is -1.02. The Labute approximate surface area is 79.2 Å². The van der Waals surface area contributed by atoms with Gasteiger partial charge in [-0.1, -0.05) is 0 Å². The van der Waals surface area contributed by atoms with E-state index < -0.39 is 23.5 Å². The Morgan fingerprint density at radius 1 is 1.43 bits per heavy atom. The lowest BCUT2D eigenvalue weighted by Gasteiger charge is -2.05. The molecular formula is C10H8F2O2. The number of hydrogen-bond donors (Lipinski definition) is 1. The fourth-order valence-electron chi connectivity index (χ4n) is 1.90. The molecule has 2 nitrogen and oxygen atoms in total. The molecule has 0 spiro atoms. The van der Waals surface area contributed by atoms with E-state index in [1.54, 1.807) is 0 Å². The number of benzene rings is 1. The summed E-state index contributed by atoms with van der Waals surface area (Å²) < 4.78 is 26.0. The fourth-order valence-corrected chi connectivity index (χ4v) is 1.90. The topological polar surface area (TPSA) is 37.3 Å². The van der Waals surface area contributed by atoms with E-state index in [0.717, 1.165) is 12.1 Å².